The van der Waals surface area contributed by atoms with Gasteiger partial charge in [0.05, 0.1) is 12.6 Å². The number of nitrogens with zero attached hydrogens (tertiary/aromatic N) is 5. The lowest BCUT2D eigenvalue weighted by Crippen LogP contribution is -2.37. The highest BCUT2D eigenvalue weighted by Gasteiger charge is 2.29. The smallest absolute Gasteiger partial charge is 0.165 e. The molecule has 0 bridgehead atoms. The number of rotatable bonds is 4. The number of fused-ring (bicyclic) bond motifs is 1. The fraction of sp³-hybridized carbons (Fsp3) is 0.227. The molecule has 1 unspecified atom stereocenters. The lowest BCUT2D eigenvalue weighted by Gasteiger charge is -2.35. The molecule has 140 valence electrons. The second kappa shape index (κ2) is 7.30. The van der Waals surface area contributed by atoms with E-state index in [0.717, 1.165) is 42.4 Å². The summed E-state index contributed by atoms with van der Waals surface area (Å²) in [5.41, 5.74) is 4.82. The van der Waals surface area contributed by atoms with Gasteiger partial charge in [-0.1, -0.05) is 30.3 Å². The van der Waals surface area contributed by atoms with Crippen LogP contribution in [-0.2, 0) is 13.1 Å². The van der Waals surface area contributed by atoms with Crippen LogP contribution in [0.5, 0.6) is 0 Å². The zero-order valence-corrected chi connectivity index (χ0v) is 16.5. The van der Waals surface area contributed by atoms with Gasteiger partial charge in [0.25, 0.3) is 0 Å². The molecule has 4 aromatic rings. The van der Waals surface area contributed by atoms with Gasteiger partial charge >= 0.3 is 0 Å². The van der Waals surface area contributed by atoms with Gasteiger partial charge in [-0.2, -0.15) is 11.3 Å². The van der Waals surface area contributed by atoms with Crippen molar-refractivity contribution in [2.75, 3.05) is 6.54 Å². The molecule has 3 aromatic heterocycles. The second-order valence-electron chi connectivity index (χ2n) is 7.18. The molecule has 5 rings (SSSR count). The standard InChI is InChI=1S/C22H21N5S/c1-16-11-19(13-23-12-16)22-25-24-20-14-26(8-9-27(20)22)21(18-7-10-28-15-18)17-5-3-2-4-6-17/h2-7,10-13,15,21H,8-9,14H2,1H3. The number of benzene rings is 1. The number of aromatic nitrogens is 4. The fourth-order valence-electron chi connectivity index (χ4n) is 3.97. The zero-order chi connectivity index (χ0) is 18.9. The first-order chi connectivity index (χ1) is 13.8. The van der Waals surface area contributed by atoms with Crippen molar-refractivity contribution in [2.45, 2.75) is 26.1 Å². The molecule has 6 heteroatoms. The minimum atomic E-state index is 0.238. The molecule has 0 saturated heterocycles. The van der Waals surface area contributed by atoms with Crippen LogP contribution < -0.4 is 0 Å². The monoisotopic (exact) mass is 387 g/mol. The molecule has 4 heterocycles. The minimum Gasteiger partial charge on any atom is -0.309 e. The van der Waals surface area contributed by atoms with Gasteiger partial charge in [0.15, 0.2) is 5.82 Å². The maximum atomic E-state index is 4.52. The highest BCUT2D eigenvalue weighted by molar-refractivity contribution is 7.08. The van der Waals surface area contributed by atoms with E-state index in [1.54, 1.807) is 11.3 Å². The molecule has 1 aliphatic rings. The van der Waals surface area contributed by atoms with Crippen molar-refractivity contribution in [3.63, 3.8) is 0 Å². The molecule has 5 nitrogen and oxygen atoms in total. The molecule has 0 saturated carbocycles. The van der Waals surface area contributed by atoms with Crippen LogP contribution in [0.2, 0.25) is 0 Å². The van der Waals surface area contributed by atoms with E-state index >= 15 is 0 Å². The molecule has 1 atom stereocenters. The predicted molar refractivity (Wildman–Crippen MR) is 111 cm³/mol. The van der Waals surface area contributed by atoms with E-state index < -0.39 is 0 Å². The molecule has 28 heavy (non-hydrogen) atoms. The van der Waals surface area contributed by atoms with Crippen molar-refractivity contribution in [3.05, 3.63) is 88.1 Å². The molecule has 1 aromatic carbocycles. The van der Waals surface area contributed by atoms with Crippen LogP contribution in [0, 0.1) is 6.92 Å². The Morgan fingerprint density at radius 1 is 1.00 bits per heavy atom. The van der Waals surface area contributed by atoms with Gasteiger partial charge in [-0.05, 0) is 46.5 Å². The number of aryl methyl sites for hydroxylation is 1. The Labute approximate surface area is 168 Å². The third kappa shape index (κ3) is 3.15. The third-order valence-corrected chi connectivity index (χ3v) is 5.96. The van der Waals surface area contributed by atoms with Crippen molar-refractivity contribution >= 4 is 11.3 Å². The zero-order valence-electron chi connectivity index (χ0n) is 15.7. The first kappa shape index (κ1) is 17.3. The van der Waals surface area contributed by atoms with Gasteiger partial charge in [-0.25, -0.2) is 0 Å². The molecule has 0 N–H and O–H groups in total. The second-order valence-corrected chi connectivity index (χ2v) is 7.96. The summed E-state index contributed by atoms with van der Waals surface area (Å²) in [4.78, 5) is 6.82. The van der Waals surface area contributed by atoms with Crippen molar-refractivity contribution < 1.29 is 0 Å². The SMILES string of the molecule is Cc1cncc(-c2nnc3n2CCN(C(c2ccccc2)c2ccsc2)C3)c1. The van der Waals surface area contributed by atoms with Gasteiger partial charge in [0.2, 0.25) is 0 Å². The Hall–Kier alpha value is -2.83. The summed E-state index contributed by atoms with van der Waals surface area (Å²) < 4.78 is 2.24. The number of hydrogen-bond acceptors (Lipinski definition) is 5. The molecular formula is C22H21N5S. The number of hydrogen-bond donors (Lipinski definition) is 0. The summed E-state index contributed by atoms with van der Waals surface area (Å²) in [5, 5.41) is 13.4. The molecule has 0 aliphatic carbocycles. The Morgan fingerprint density at radius 2 is 1.89 bits per heavy atom. The largest absolute Gasteiger partial charge is 0.309 e. The predicted octanol–water partition coefficient (Wildman–Crippen LogP) is 4.32. The van der Waals surface area contributed by atoms with E-state index in [2.05, 4.69) is 84.8 Å². The third-order valence-electron chi connectivity index (χ3n) is 5.26. The first-order valence-electron chi connectivity index (χ1n) is 9.45. The number of thiophene rings is 1. The minimum absolute atomic E-state index is 0.238. The van der Waals surface area contributed by atoms with Crippen molar-refractivity contribution in [2.24, 2.45) is 0 Å². The summed E-state index contributed by atoms with van der Waals surface area (Å²) in [7, 11) is 0. The summed E-state index contributed by atoms with van der Waals surface area (Å²) >= 11 is 1.75. The van der Waals surface area contributed by atoms with Crippen LogP contribution in [0.25, 0.3) is 11.4 Å². The van der Waals surface area contributed by atoms with Crippen LogP contribution in [0.1, 0.15) is 28.6 Å². The Bertz CT molecular complexity index is 1070. The van der Waals surface area contributed by atoms with Crippen LogP contribution >= 0.6 is 11.3 Å². The van der Waals surface area contributed by atoms with Crippen LogP contribution in [-0.4, -0.2) is 31.2 Å². The van der Waals surface area contributed by atoms with Gasteiger partial charge in [-0.3, -0.25) is 9.88 Å². The van der Waals surface area contributed by atoms with E-state index in [1.807, 2.05) is 12.4 Å². The Kier molecular flexibility index (Phi) is 4.50. The average molecular weight is 388 g/mol. The normalized spacial score (nSPS) is 15.3. The Balaban J connectivity index is 1.48. The summed E-state index contributed by atoms with van der Waals surface area (Å²) in [5.74, 6) is 1.93. The fourth-order valence-corrected chi connectivity index (χ4v) is 4.65. The van der Waals surface area contributed by atoms with E-state index in [0.29, 0.717) is 0 Å². The van der Waals surface area contributed by atoms with Gasteiger partial charge in [-0.15, -0.1) is 10.2 Å². The highest BCUT2D eigenvalue weighted by Crippen LogP contribution is 2.33. The first-order valence-corrected chi connectivity index (χ1v) is 10.4. The molecule has 1 aliphatic heterocycles. The molecular weight excluding hydrogens is 366 g/mol. The van der Waals surface area contributed by atoms with Gasteiger partial charge in [0.1, 0.15) is 5.82 Å². The maximum absolute atomic E-state index is 4.52. The van der Waals surface area contributed by atoms with Gasteiger partial charge in [0, 0.05) is 31.0 Å². The maximum Gasteiger partial charge on any atom is 0.165 e. The van der Waals surface area contributed by atoms with E-state index in [1.165, 1.54) is 11.1 Å². The van der Waals surface area contributed by atoms with Crippen LogP contribution in [0.3, 0.4) is 0 Å². The average Bonchev–Trinajstić information content (AvgIpc) is 3.39. The van der Waals surface area contributed by atoms with Crippen molar-refractivity contribution in [3.8, 4) is 11.4 Å². The quantitative estimate of drug-likeness (QED) is 0.523. The summed E-state index contributed by atoms with van der Waals surface area (Å²) in [6.45, 7) is 4.66. The molecule has 0 fully saturated rings. The topological polar surface area (TPSA) is 46.8 Å². The van der Waals surface area contributed by atoms with Crippen LogP contribution in [0.4, 0.5) is 0 Å². The molecule has 0 radical (unpaired) electrons. The van der Waals surface area contributed by atoms with Crippen LogP contribution in [0.15, 0.2) is 65.6 Å². The summed E-state index contributed by atoms with van der Waals surface area (Å²) in [6, 6.07) is 15.3. The molecule has 0 spiro atoms. The van der Waals surface area contributed by atoms with E-state index in [-0.39, 0.29) is 6.04 Å². The van der Waals surface area contributed by atoms with Crippen molar-refractivity contribution in [1.29, 1.82) is 0 Å². The lowest BCUT2D eigenvalue weighted by molar-refractivity contribution is 0.176. The molecule has 0 amide bonds. The van der Waals surface area contributed by atoms with E-state index in [4.69, 9.17) is 0 Å². The van der Waals surface area contributed by atoms with Crippen molar-refractivity contribution in [1.82, 2.24) is 24.6 Å². The highest BCUT2D eigenvalue weighted by atomic mass is 32.1. The number of pyridine rings is 1. The Morgan fingerprint density at radius 3 is 2.68 bits per heavy atom. The summed E-state index contributed by atoms with van der Waals surface area (Å²) in [6.07, 6.45) is 3.73. The van der Waals surface area contributed by atoms with E-state index in [9.17, 15) is 0 Å². The van der Waals surface area contributed by atoms with Gasteiger partial charge < -0.3 is 4.57 Å². The lowest BCUT2D eigenvalue weighted by atomic mass is 9.99.